The molecule has 0 aromatic carbocycles. The summed E-state index contributed by atoms with van der Waals surface area (Å²) >= 11 is 0. The highest BCUT2D eigenvalue weighted by Gasteiger charge is 2.05. The molecule has 2 rings (SSSR count). The molecule has 2 aromatic rings. The maximum absolute atomic E-state index is 10.6. The van der Waals surface area contributed by atoms with Crippen LogP contribution in [0, 0.1) is 0 Å². The predicted molar refractivity (Wildman–Crippen MR) is 42.6 cm³/mol. The van der Waals surface area contributed by atoms with Gasteiger partial charge in [-0.05, 0) is 0 Å². The summed E-state index contributed by atoms with van der Waals surface area (Å²) in [5.41, 5.74) is 1.06. The molecule has 0 fully saturated rings. The number of fused-ring (bicyclic) bond motifs is 1. The zero-order valence-corrected chi connectivity index (χ0v) is 6.84. The topological polar surface area (TPSA) is 69.9 Å². The van der Waals surface area contributed by atoms with Gasteiger partial charge in [-0.3, -0.25) is 0 Å². The summed E-state index contributed by atoms with van der Waals surface area (Å²) in [4.78, 5) is 27.0. The largest absolute Gasteiger partial charge is 0.334 e. The van der Waals surface area contributed by atoms with Gasteiger partial charge in [0.1, 0.15) is 18.2 Å². The lowest BCUT2D eigenvalue weighted by atomic mass is 10.6. The van der Waals surface area contributed by atoms with Gasteiger partial charge in [0.25, 0.3) is 0 Å². The zero-order chi connectivity index (χ0) is 9.26. The molecule has 66 valence electrons. The third kappa shape index (κ3) is 1.33. The van der Waals surface area contributed by atoms with Crippen LogP contribution in [0.25, 0.3) is 11.2 Å². The van der Waals surface area contributed by atoms with E-state index in [0.717, 1.165) is 0 Å². The second-order valence-electron chi connectivity index (χ2n) is 2.38. The van der Waals surface area contributed by atoms with Crippen molar-refractivity contribution in [2.75, 3.05) is 0 Å². The number of carbonyl (C=O) groups excluding carboxylic acids is 1. The first-order valence-corrected chi connectivity index (χ1v) is 3.59. The van der Waals surface area contributed by atoms with Crippen molar-refractivity contribution in [3.8, 4) is 0 Å². The van der Waals surface area contributed by atoms with Gasteiger partial charge in [0.2, 0.25) is 0 Å². The Hall–Kier alpha value is -1.98. The summed E-state index contributed by atoms with van der Waals surface area (Å²) in [6.45, 7) is 1.31. The number of rotatable bonds is 1. The molecule has 0 aliphatic rings. The van der Waals surface area contributed by atoms with E-state index in [-0.39, 0.29) is 0 Å². The Morgan fingerprint density at radius 2 is 2.38 bits per heavy atom. The third-order valence-electron chi connectivity index (χ3n) is 1.41. The summed E-state index contributed by atoms with van der Waals surface area (Å²) in [6, 6.07) is 0. The van der Waals surface area contributed by atoms with E-state index in [0.29, 0.717) is 11.2 Å². The lowest BCUT2D eigenvalue weighted by Gasteiger charge is -1.99. The predicted octanol–water partition coefficient (Wildman–Crippen LogP) is -0.199. The Labute approximate surface area is 73.2 Å². The molecule has 0 amide bonds. The molecule has 6 nitrogen and oxygen atoms in total. The van der Waals surface area contributed by atoms with Crippen LogP contribution in [0.2, 0.25) is 0 Å². The number of imidazole rings is 1. The lowest BCUT2D eigenvalue weighted by Crippen LogP contribution is -2.15. The molecular formula is C7H6N4O2. The van der Waals surface area contributed by atoms with Gasteiger partial charge in [-0.25, -0.2) is 19.7 Å². The maximum Gasteiger partial charge on any atom is 0.330 e. The number of nitrogens with zero attached hydrogens (tertiary/aromatic N) is 4. The van der Waals surface area contributed by atoms with Crippen LogP contribution in [0.1, 0.15) is 6.92 Å². The van der Waals surface area contributed by atoms with Gasteiger partial charge in [-0.1, -0.05) is 0 Å². The molecule has 0 atom stereocenters. The zero-order valence-electron chi connectivity index (χ0n) is 6.84. The Morgan fingerprint density at radius 1 is 1.54 bits per heavy atom. The fourth-order valence-electron chi connectivity index (χ4n) is 0.951. The Balaban J connectivity index is 2.51. The average molecular weight is 178 g/mol. The lowest BCUT2D eigenvalue weighted by molar-refractivity contribution is -0.141. The summed E-state index contributed by atoms with van der Waals surface area (Å²) in [5, 5.41) is 0. The second kappa shape index (κ2) is 2.81. The van der Waals surface area contributed by atoms with E-state index >= 15 is 0 Å². The summed E-state index contributed by atoms with van der Waals surface area (Å²) in [7, 11) is 0. The number of hydrogen-bond donors (Lipinski definition) is 0. The number of carbonyl (C=O) groups is 1. The van der Waals surface area contributed by atoms with E-state index < -0.39 is 5.97 Å². The minimum absolute atomic E-state index is 0.419. The summed E-state index contributed by atoms with van der Waals surface area (Å²) in [5.74, 6) is -0.419. The summed E-state index contributed by atoms with van der Waals surface area (Å²) in [6.07, 6.45) is 4.28. The van der Waals surface area contributed by atoms with E-state index in [1.54, 1.807) is 6.20 Å². The van der Waals surface area contributed by atoms with Crippen LogP contribution in [-0.2, 0) is 4.79 Å². The van der Waals surface area contributed by atoms with E-state index in [9.17, 15) is 4.79 Å². The highest BCUT2D eigenvalue weighted by molar-refractivity contribution is 5.71. The highest BCUT2D eigenvalue weighted by atomic mass is 16.7. The molecule has 2 heterocycles. The Morgan fingerprint density at radius 3 is 3.15 bits per heavy atom. The van der Waals surface area contributed by atoms with Crippen LogP contribution in [0.4, 0.5) is 0 Å². The molecule has 2 aromatic heterocycles. The van der Waals surface area contributed by atoms with Crippen molar-refractivity contribution in [3.05, 3.63) is 18.9 Å². The molecule has 13 heavy (non-hydrogen) atoms. The normalized spacial score (nSPS) is 10.2. The molecule has 0 spiro atoms. The minimum atomic E-state index is -0.419. The third-order valence-corrected chi connectivity index (χ3v) is 1.41. The van der Waals surface area contributed by atoms with Gasteiger partial charge in [-0.15, -0.1) is 4.73 Å². The van der Waals surface area contributed by atoms with Gasteiger partial charge in [0.05, 0.1) is 6.20 Å². The first-order valence-electron chi connectivity index (χ1n) is 3.59. The highest BCUT2D eigenvalue weighted by Crippen LogP contribution is 2.04. The number of aromatic nitrogens is 4. The molecule has 0 saturated heterocycles. The van der Waals surface area contributed by atoms with Crippen molar-refractivity contribution in [3.63, 3.8) is 0 Å². The SMILES string of the molecule is CC(=O)On1cnc2cncnc21. The molecule has 6 heteroatoms. The van der Waals surface area contributed by atoms with E-state index in [2.05, 4.69) is 15.0 Å². The first-order chi connectivity index (χ1) is 6.27. The van der Waals surface area contributed by atoms with Gasteiger partial charge >= 0.3 is 5.97 Å². The van der Waals surface area contributed by atoms with Crippen LogP contribution >= 0.6 is 0 Å². The molecule has 0 bridgehead atoms. The fraction of sp³-hybridized carbons (Fsp3) is 0.143. The van der Waals surface area contributed by atoms with Crippen molar-refractivity contribution in [2.45, 2.75) is 6.92 Å². The van der Waals surface area contributed by atoms with Crippen LogP contribution in [0.3, 0.4) is 0 Å². The fourth-order valence-corrected chi connectivity index (χ4v) is 0.951. The van der Waals surface area contributed by atoms with Crippen molar-refractivity contribution < 1.29 is 9.63 Å². The van der Waals surface area contributed by atoms with Gasteiger partial charge in [0, 0.05) is 6.92 Å². The smallest absolute Gasteiger partial charge is 0.330 e. The molecule has 0 aliphatic carbocycles. The average Bonchev–Trinajstić information content (AvgIpc) is 2.48. The molecule has 0 aliphatic heterocycles. The minimum Gasteiger partial charge on any atom is -0.334 e. The van der Waals surface area contributed by atoms with Crippen molar-refractivity contribution in [1.82, 2.24) is 19.7 Å². The van der Waals surface area contributed by atoms with Crippen LogP contribution < -0.4 is 4.84 Å². The standard InChI is InChI=1S/C7H6N4O2/c1-5(12)13-11-4-10-6-2-8-3-9-7(6)11/h2-4H,1H3. The number of hydrogen-bond acceptors (Lipinski definition) is 5. The van der Waals surface area contributed by atoms with Gasteiger partial charge in [-0.2, -0.15) is 0 Å². The second-order valence-corrected chi connectivity index (χ2v) is 2.38. The molecule has 0 unspecified atom stereocenters. The molecule has 0 radical (unpaired) electrons. The maximum atomic E-state index is 10.6. The monoisotopic (exact) mass is 178 g/mol. The van der Waals surface area contributed by atoms with E-state index in [1.165, 1.54) is 24.3 Å². The quantitative estimate of drug-likeness (QED) is 0.604. The van der Waals surface area contributed by atoms with Crippen molar-refractivity contribution >= 4 is 17.1 Å². The van der Waals surface area contributed by atoms with Gasteiger partial charge < -0.3 is 4.84 Å². The van der Waals surface area contributed by atoms with E-state index in [4.69, 9.17) is 4.84 Å². The molecule has 0 N–H and O–H groups in total. The molecular weight excluding hydrogens is 172 g/mol. The molecule has 0 saturated carbocycles. The summed E-state index contributed by atoms with van der Waals surface area (Å²) < 4.78 is 1.21. The van der Waals surface area contributed by atoms with E-state index in [1.807, 2.05) is 0 Å². The Kier molecular flexibility index (Phi) is 1.66. The first kappa shape index (κ1) is 7.66. The van der Waals surface area contributed by atoms with Crippen LogP contribution in [-0.4, -0.2) is 25.7 Å². The van der Waals surface area contributed by atoms with Crippen LogP contribution in [0.15, 0.2) is 18.9 Å². The van der Waals surface area contributed by atoms with Crippen molar-refractivity contribution in [1.29, 1.82) is 0 Å². The van der Waals surface area contributed by atoms with Crippen molar-refractivity contribution in [2.24, 2.45) is 0 Å². The van der Waals surface area contributed by atoms with Crippen LogP contribution in [0.5, 0.6) is 0 Å². The van der Waals surface area contributed by atoms with Gasteiger partial charge in [0.15, 0.2) is 5.65 Å². The Bertz CT molecular complexity index is 450.